The molecule has 0 saturated heterocycles. The van der Waals surface area contributed by atoms with Gasteiger partial charge in [-0.15, -0.1) is 5.10 Å². The van der Waals surface area contributed by atoms with Crippen LogP contribution in [0.25, 0.3) is 0 Å². The molecule has 1 N–H and O–H groups in total. The third-order valence-corrected chi connectivity index (χ3v) is 6.69. The zero-order valence-corrected chi connectivity index (χ0v) is 14.2. The van der Waals surface area contributed by atoms with Crippen LogP contribution in [0.5, 0.6) is 0 Å². The van der Waals surface area contributed by atoms with Crippen molar-refractivity contribution in [2.45, 2.75) is 57.5 Å². The molecule has 0 spiro atoms. The molecule has 4 bridgehead atoms. The number of aromatic nitrogens is 2. The van der Waals surface area contributed by atoms with Crippen molar-refractivity contribution in [3.63, 3.8) is 0 Å². The molecule has 6 heteroatoms. The minimum absolute atomic E-state index is 0.0646. The fourth-order valence-corrected chi connectivity index (χ4v) is 5.96. The second-order valence-corrected chi connectivity index (χ2v) is 8.60. The summed E-state index contributed by atoms with van der Waals surface area (Å²) in [6, 6.07) is 0.0646. The highest BCUT2D eigenvalue weighted by atomic mass is 32.1. The molecule has 2 amide bonds. The number of nitrogens with one attached hydrogen (secondary N) is 1. The summed E-state index contributed by atoms with van der Waals surface area (Å²) >= 11 is 1.38. The first kappa shape index (κ1) is 14.4. The lowest BCUT2D eigenvalue weighted by Crippen LogP contribution is -2.61. The maximum absolute atomic E-state index is 12.6. The monoisotopic (exact) mass is 320 g/mol. The fraction of sp³-hybridized carbons (Fsp3) is 0.812. The summed E-state index contributed by atoms with van der Waals surface area (Å²) in [4.78, 5) is 15.5. The van der Waals surface area contributed by atoms with Gasteiger partial charge in [0.1, 0.15) is 0 Å². The Morgan fingerprint density at radius 3 is 2.36 bits per heavy atom. The molecule has 1 aromatic rings. The fourth-order valence-electron chi connectivity index (χ4n) is 5.27. The molecule has 4 aliphatic rings. The van der Waals surface area contributed by atoms with E-state index in [1.165, 1.54) is 50.1 Å². The summed E-state index contributed by atoms with van der Waals surface area (Å²) in [7, 11) is 1.87. The van der Waals surface area contributed by atoms with Crippen LogP contribution in [-0.2, 0) is 6.54 Å². The number of rotatable bonds is 3. The molecule has 22 heavy (non-hydrogen) atoms. The van der Waals surface area contributed by atoms with Crippen LogP contribution >= 0.6 is 11.5 Å². The maximum Gasteiger partial charge on any atom is 0.317 e. The SMILES string of the molecule is Cc1nnsc1CN(C)C(=O)NC12CC3CC(CC(C3)C1)C2. The molecule has 120 valence electrons. The standard InChI is InChI=1S/C16H24N4OS/c1-10-14(22-19-18-10)9-20(2)15(21)17-16-6-11-3-12(7-16)5-13(4-11)8-16/h11-13H,3-9H2,1-2H3,(H,17,21). The van der Waals surface area contributed by atoms with E-state index in [4.69, 9.17) is 0 Å². The number of amides is 2. The Balaban J connectivity index is 1.42. The van der Waals surface area contributed by atoms with Gasteiger partial charge in [0.25, 0.3) is 0 Å². The molecule has 4 fully saturated rings. The smallest absolute Gasteiger partial charge is 0.317 e. The predicted octanol–water partition coefficient (Wildman–Crippen LogP) is 2.96. The van der Waals surface area contributed by atoms with Crippen LogP contribution in [0, 0.1) is 24.7 Å². The first-order valence-corrected chi connectivity index (χ1v) is 9.11. The second-order valence-electron chi connectivity index (χ2n) is 7.77. The van der Waals surface area contributed by atoms with E-state index in [0.29, 0.717) is 6.54 Å². The molecule has 4 saturated carbocycles. The summed E-state index contributed by atoms with van der Waals surface area (Å²) in [5, 5.41) is 7.43. The molecule has 0 unspecified atom stereocenters. The predicted molar refractivity (Wildman–Crippen MR) is 85.5 cm³/mol. The Bertz CT molecular complexity index is 549. The van der Waals surface area contributed by atoms with Crippen molar-refractivity contribution in [1.82, 2.24) is 19.8 Å². The Hall–Kier alpha value is -1.17. The third-order valence-electron chi connectivity index (χ3n) is 5.88. The van der Waals surface area contributed by atoms with Crippen LogP contribution < -0.4 is 5.32 Å². The highest BCUT2D eigenvalue weighted by Crippen LogP contribution is 2.55. The van der Waals surface area contributed by atoms with Gasteiger partial charge in [-0.2, -0.15) is 0 Å². The molecular formula is C16H24N4OS. The van der Waals surface area contributed by atoms with Gasteiger partial charge in [-0.05, 0) is 74.7 Å². The van der Waals surface area contributed by atoms with E-state index in [9.17, 15) is 4.79 Å². The zero-order chi connectivity index (χ0) is 15.3. The normalized spacial score (nSPS) is 35.6. The first-order valence-electron chi connectivity index (χ1n) is 8.34. The molecule has 1 aromatic heterocycles. The third kappa shape index (κ3) is 2.51. The molecular weight excluding hydrogens is 296 g/mol. The van der Waals surface area contributed by atoms with Crippen molar-refractivity contribution in [2.24, 2.45) is 17.8 Å². The summed E-state index contributed by atoms with van der Waals surface area (Å²) in [6.07, 6.45) is 7.78. The van der Waals surface area contributed by atoms with E-state index >= 15 is 0 Å². The lowest BCUT2D eigenvalue weighted by atomic mass is 9.53. The van der Waals surface area contributed by atoms with Crippen LogP contribution in [0.2, 0.25) is 0 Å². The van der Waals surface area contributed by atoms with Crippen LogP contribution in [0.4, 0.5) is 4.79 Å². The van der Waals surface area contributed by atoms with E-state index in [0.717, 1.165) is 28.3 Å². The van der Waals surface area contributed by atoms with Crippen molar-refractivity contribution < 1.29 is 4.79 Å². The topological polar surface area (TPSA) is 58.1 Å². The van der Waals surface area contributed by atoms with E-state index in [-0.39, 0.29) is 11.6 Å². The number of hydrogen-bond acceptors (Lipinski definition) is 4. The Morgan fingerprint density at radius 2 is 1.86 bits per heavy atom. The number of nitrogens with zero attached hydrogens (tertiary/aromatic N) is 3. The highest BCUT2D eigenvalue weighted by molar-refractivity contribution is 7.05. The van der Waals surface area contributed by atoms with Crippen LogP contribution in [0.1, 0.15) is 49.1 Å². The van der Waals surface area contributed by atoms with Gasteiger partial charge in [-0.25, -0.2) is 4.79 Å². The van der Waals surface area contributed by atoms with Gasteiger partial charge in [0.15, 0.2) is 0 Å². The lowest BCUT2D eigenvalue weighted by Gasteiger charge is -2.57. The lowest BCUT2D eigenvalue weighted by molar-refractivity contribution is -0.0154. The Morgan fingerprint density at radius 1 is 1.27 bits per heavy atom. The highest BCUT2D eigenvalue weighted by Gasteiger charge is 2.51. The summed E-state index contributed by atoms with van der Waals surface area (Å²) in [6.45, 7) is 2.55. The molecule has 5 nitrogen and oxygen atoms in total. The van der Waals surface area contributed by atoms with Crippen molar-refractivity contribution in [2.75, 3.05) is 7.05 Å². The molecule has 0 aliphatic heterocycles. The number of carbonyl (C=O) groups excluding carboxylic acids is 1. The van der Waals surface area contributed by atoms with E-state index in [1.54, 1.807) is 4.90 Å². The van der Waals surface area contributed by atoms with Gasteiger partial charge in [-0.1, -0.05) is 4.49 Å². The van der Waals surface area contributed by atoms with E-state index in [1.807, 2.05) is 14.0 Å². The summed E-state index contributed by atoms with van der Waals surface area (Å²) in [5.41, 5.74) is 1.01. The van der Waals surface area contributed by atoms with E-state index < -0.39 is 0 Å². The van der Waals surface area contributed by atoms with Crippen molar-refractivity contribution in [1.29, 1.82) is 0 Å². The molecule has 0 atom stereocenters. The molecule has 0 aromatic carbocycles. The number of carbonyl (C=O) groups is 1. The van der Waals surface area contributed by atoms with Crippen molar-refractivity contribution in [3.05, 3.63) is 10.6 Å². The van der Waals surface area contributed by atoms with Gasteiger partial charge in [0.2, 0.25) is 0 Å². The summed E-state index contributed by atoms with van der Waals surface area (Å²) in [5.74, 6) is 2.55. The van der Waals surface area contributed by atoms with Crippen molar-refractivity contribution >= 4 is 17.6 Å². The van der Waals surface area contributed by atoms with E-state index in [2.05, 4.69) is 14.9 Å². The van der Waals surface area contributed by atoms with Gasteiger partial charge < -0.3 is 10.2 Å². The Labute approximate surface area is 135 Å². The van der Waals surface area contributed by atoms with Gasteiger partial charge in [-0.3, -0.25) is 0 Å². The zero-order valence-electron chi connectivity index (χ0n) is 13.3. The van der Waals surface area contributed by atoms with Crippen LogP contribution in [0.15, 0.2) is 0 Å². The average molecular weight is 320 g/mol. The van der Waals surface area contributed by atoms with Gasteiger partial charge >= 0.3 is 6.03 Å². The number of urea groups is 1. The van der Waals surface area contributed by atoms with Crippen LogP contribution in [0.3, 0.4) is 0 Å². The van der Waals surface area contributed by atoms with Crippen molar-refractivity contribution in [3.8, 4) is 0 Å². The molecule has 1 heterocycles. The number of aryl methyl sites for hydroxylation is 1. The first-order chi connectivity index (χ1) is 10.5. The van der Waals surface area contributed by atoms with Gasteiger partial charge in [0, 0.05) is 12.6 Å². The second kappa shape index (κ2) is 5.18. The largest absolute Gasteiger partial charge is 0.333 e. The van der Waals surface area contributed by atoms with Crippen LogP contribution in [-0.4, -0.2) is 33.1 Å². The number of hydrogen-bond donors (Lipinski definition) is 1. The molecule has 0 radical (unpaired) electrons. The molecule has 5 rings (SSSR count). The average Bonchev–Trinajstić information content (AvgIpc) is 2.82. The van der Waals surface area contributed by atoms with Gasteiger partial charge in [0.05, 0.1) is 17.1 Å². The quantitative estimate of drug-likeness (QED) is 0.931. The Kier molecular flexibility index (Phi) is 3.40. The maximum atomic E-state index is 12.6. The molecule has 4 aliphatic carbocycles. The summed E-state index contributed by atoms with van der Waals surface area (Å²) < 4.78 is 3.95. The minimum Gasteiger partial charge on any atom is -0.333 e. The minimum atomic E-state index is 0.0646.